The van der Waals surface area contributed by atoms with E-state index < -0.39 is 132 Å². The number of fused-ring (bicyclic) bond motifs is 1. The first-order chi connectivity index (χ1) is 42.2. The SMILES string of the molecule is CC(=O)C[C@]1(C)CCCCCC/C=C/CCC[C@@](C)(C(=O)N[C@@H](CO)C(N)=O)NN[C@@H](CC(C)C)C(=O)C(=O)[C@H](CCC(N)=O)NC(=O)C(C)NC(=O)[C@H](Cc2c[nH]c3ccccc23)NC(=O)[C@H](Cc2ccc(O)cc2)NC(=O)[C@H](Cc2cnc[nH]2)NC1=O. The number of aliphatic hydroxyl groups is 1. The predicted octanol–water partition coefficient (Wildman–Crippen LogP) is 1.77. The van der Waals surface area contributed by atoms with Gasteiger partial charge >= 0.3 is 0 Å². The number of aliphatic hydroxyl groups excluding tert-OH is 1. The number of imidazole rings is 1. The zero-order valence-electron chi connectivity index (χ0n) is 51.6. The Bertz CT molecular complexity index is 3130. The number of aromatic hydroxyl groups is 1. The quantitative estimate of drug-likeness (QED) is 0.0529. The fourth-order valence-electron chi connectivity index (χ4n) is 10.6. The number of aromatic amines is 2. The Hall–Kier alpha value is -8.62. The molecule has 9 atom stereocenters. The number of carbonyl (C=O) groups is 11. The molecule has 0 saturated heterocycles. The van der Waals surface area contributed by atoms with Crippen molar-refractivity contribution in [2.75, 3.05) is 6.61 Å². The van der Waals surface area contributed by atoms with Gasteiger partial charge < -0.3 is 63.5 Å². The van der Waals surface area contributed by atoms with Crippen molar-refractivity contribution in [2.24, 2.45) is 22.8 Å². The average molecular weight is 1240 g/mol. The van der Waals surface area contributed by atoms with E-state index in [-0.39, 0.29) is 56.0 Å². The van der Waals surface area contributed by atoms with Gasteiger partial charge in [-0.25, -0.2) is 15.8 Å². The van der Waals surface area contributed by atoms with E-state index in [4.69, 9.17) is 11.5 Å². The Kier molecular flexibility index (Phi) is 27.4. The Morgan fingerprint density at radius 3 is 1.97 bits per heavy atom. The number of phenols is 1. The van der Waals surface area contributed by atoms with Crippen LogP contribution in [0.3, 0.4) is 0 Å². The number of Topliss-reactive ketones (excluding diaryl/α,β-unsaturated/α-hetero) is 3. The van der Waals surface area contributed by atoms with E-state index in [1.165, 1.54) is 45.4 Å². The van der Waals surface area contributed by atoms with E-state index in [9.17, 15) is 63.0 Å². The molecular formula is C63H89N13O13. The van der Waals surface area contributed by atoms with Crippen LogP contribution in [0.5, 0.6) is 5.75 Å². The van der Waals surface area contributed by atoms with Gasteiger partial charge in [-0.15, -0.1) is 0 Å². The summed E-state index contributed by atoms with van der Waals surface area (Å²) in [6, 6.07) is 2.80. The summed E-state index contributed by atoms with van der Waals surface area (Å²) in [5.74, 6) is -9.50. The van der Waals surface area contributed by atoms with Gasteiger partial charge in [0.2, 0.25) is 58.8 Å². The summed E-state index contributed by atoms with van der Waals surface area (Å²) >= 11 is 0. The third-order valence-electron chi connectivity index (χ3n) is 15.8. The van der Waals surface area contributed by atoms with Gasteiger partial charge in [-0.2, -0.15) is 0 Å². The zero-order chi connectivity index (χ0) is 65.4. The number of allylic oxidation sites excluding steroid dienone is 2. The van der Waals surface area contributed by atoms with Crippen LogP contribution in [-0.4, -0.2) is 144 Å². The number of nitrogens with two attached hydrogens (primary N) is 2. The number of carbonyl (C=O) groups excluding carboxylic acids is 11. The molecule has 2 aromatic carbocycles. The summed E-state index contributed by atoms with van der Waals surface area (Å²) < 4.78 is 0. The number of amides is 8. The maximum Gasteiger partial charge on any atom is 0.243 e. The van der Waals surface area contributed by atoms with E-state index in [1.54, 1.807) is 63.4 Å². The number of nitrogens with zero attached hydrogens (tertiary/aromatic N) is 1. The van der Waals surface area contributed by atoms with Crippen LogP contribution in [0.15, 0.2) is 79.4 Å². The second-order valence-electron chi connectivity index (χ2n) is 24.0. The molecule has 26 nitrogen and oxygen atoms in total. The molecule has 1 unspecified atom stereocenters. The number of phenolic OH excluding ortho intramolecular Hbond substituents is 1. The number of hydrazine groups is 1. The van der Waals surface area contributed by atoms with Gasteiger partial charge in [-0.1, -0.05) is 82.5 Å². The number of aromatic nitrogens is 3. The number of benzene rings is 2. The van der Waals surface area contributed by atoms with Crippen molar-refractivity contribution >= 4 is 75.5 Å². The summed E-state index contributed by atoms with van der Waals surface area (Å²) in [5, 5.41) is 36.8. The molecule has 8 amide bonds. The van der Waals surface area contributed by atoms with Gasteiger partial charge in [0.1, 0.15) is 47.3 Å². The van der Waals surface area contributed by atoms with Crippen molar-refractivity contribution in [3.05, 3.63) is 96.2 Å². The van der Waals surface area contributed by atoms with Crippen LogP contribution >= 0.6 is 0 Å². The minimum atomic E-state index is -1.67. The molecule has 1 aliphatic rings. The molecule has 0 bridgehead atoms. The predicted molar refractivity (Wildman–Crippen MR) is 330 cm³/mol. The first kappa shape index (κ1) is 71.1. The number of nitrogens with one attached hydrogen (secondary N) is 10. The minimum Gasteiger partial charge on any atom is -0.508 e. The number of hydrogen-bond donors (Lipinski definition) is 14. The third kappa shape index (κ3) is 22.2. The largest absolute Gasteiger partial charge is 0.508 e. The topological polar surface area (TPSA) is 421 Å². The van der Waals surface area contributed by atoms with Gasteiger partial charge in [0.05, 0.1) is 30.4 Å². The first-order valence-electron chi connectivity index (χ1n) is 30.3. The lowest BCUT2D eigenvalue weighted by atomic mass is 9.79. The van der Waals surface area contributed by atoms with Crippen LogP contribution in [0, 0.1) is 11.3 Å². The molecule has 26 heteroatoms. The van der Waals surface area contributed by atoms with Crippen LogP contribution in [-0.2, 0) is 72.0 Å². The van der Waals surface area contributed by atoms with Crippen LogP contribution in [0.4, 0.5) is 0 Å². The summed E-state index contributed by atoms with van der Waals surface area (Å²) in [6.07, 6.45) is 11.8. The van der Waals surface area contributed by atoms with Gasteiger partial charge in [-0.05, 0) is 107 Å². The number of hydrogen-bond acceptors (Lipinski definition) is 16. The van der Waals surface area contributed by atoms with E-state index in [1.807, 2.05) is 12.2 Å². The molecule has 3 heterocycles. The normalized spacial score (nSPS) is 24.9. The first-order valence-corrected chi connectivity index (χ1v) is 30.3. The van der Waals surface area contributed by atoms with Crippen molar-refractivity contribution in [3.63, 3.8) is 0 Å². The molecule has 0 radical (unpaired) electrons. The number of rotatable bonds is 17. The highest BCUT2D eigenvalue weighted by Crippen LogP contribution is 2.31. The monoisotopic (exact) mass is 1240 g/mol. The highest BCUT2D eigenvalue weighted by Gasteiger charge is 2.41. The van der Waals surface area contributed by atoms with Crippen LogP contribution < -0.4 is 54.2 Å². The molecular weight excluding hydrogens is 1150 g/mol. The Balaban J connectivity index is 1.56. The fraction of sp³-hybridized carbons (Fsp3) is 0.524. The molecule has 1 aliphatic heterocycles. The number of para-hydroxylation sites is 1. The van der Waals surface area contributed by atoms with Gasteiger partial charge in [0, 0.05) is 61.1 Å². The second-order valence-corrected chi connectivity index (χ2v) is 24.0. The van der Waals surface area contributed by atoms with Gasteiger partial charge in [0.25, 0.3) is 0 Å². The maximum atomic E-state index is 15.0. The van der Waals surface area contributed by atoms with Gasteiger partial charge in [0.15, 0.2) is 0 Å². The van der Waals surface area contributed by atoms with E-state index in [0.29, 0.717) is 66.2 Å². The molecule has 16 N–H and O–H groups in total. The van der Waals surface area contributed by atoms with E-state index in [2.05, 4.69) is 57.7 Å². The minimum absolute atomic E-state index is 0.0169. The summed E-state index contributed by atoms with van der Waals surface area (Å²) in [6.45, 7) is 8.61. The number of ketones is 3. The third-order valence-corrected chi connectivity index (χ3v) is 15.8. The molecule has 0 spiro atoms. The van der Waals surface area contributed by atoms with Gasteiger partial charge in [-0.3, -0.25) is 52.7 Å². The summed E-state index contributed by atoms with van der Waals surface area (Å²) in [4.78, 5) is 163. The van der Waals surface area contributed by atoms with Crippen LogP contribution in [0.1, 0.15) is 142 Å². The Morgan fingerprint density at radius 2 is 1.34 bits per heavy atom. The van der Waals surface area contributed by atoms with E-state index >= 15 is 0 Å². The van der Waals surface area contributed by atoms with Crippen molar-refractivity contribution in [1.29, 1.82) is 0 Å². The maximum absolute atomic E-state index is 15.0. The second kappa shape index (κ2) is 34.2. The fourth-order valence-corrected chi connectivity index (χ4v) is 10.6. The van der Waals surface area contributed by atoms with Crippen molar-refractivity contribution in [1.82, 2.24) is 57.7 Å². The molecule has 0 aliphatic carbocycles. The van der Waals surface area contributed by atoms with Crippen molar-refractivity contribution < 1.29 is 63.0 Å². The highest BCUT2D eigenvalue weighted by molar-refractivity contribution is 6.41. The Labute approximate surface area is 517 Å². The van der Waals surface area contributed by atoms with Crippen molar-refractivity contribution in [3.8, 4) is 5.75 Å². The zero-order valence-corrected chi connectivity index (χ0v) is 51.6. The molecule has 89 heavy (non-hydrogen) atoms. The molecule has 484 valence electrons. The van der Waals surface area contributed by atoms with Crippen LogP contribution in [0.2, 0.25) is 0 Å². The number of H-pyrrole nitrogens is 2. The molecule has 0 saturated carbocycles. The lowest BCUT2D eigenvalue weighted by molar-refractivity contribution is -0.141. The van der Waals surface area contributed by atoms with Crippen LogP contribution in [0.25, 0.3) is 10.9 Å². The van der Waals surface area contributed by atoms with Crippen molar-refractivity contribution in [2.45, 2.75) is 192 Å². The Morgan fingerprint density at radius 1 is 0.719 bits per heavy atom. The lowest BCUT2D eigenvalue weighted by Crippen LogP contribution is -2.65. The lowest BCUT2D eigenvalue weighted by Gasteiger charge is -2.33. The molecule has 2 aromatic heterocycles. The average Bonchev–Trinajstić information content (AvgIpc) is 3.13. The molecule has 0 fully saturated rings. The standard InChI is InChI=1S/C63H89N13O13/c1-37(2)28-47-54(82)53(81)46(24-25-52(64)80)70-56(84)39(4)69-57(85)49(30-41-33-67-45-19-15-14-18-44(41)45)72-58(86)48(29-40-20-22-43(79)23-21-40)71-59(87)50(31-42-34-66-36-68-42)73-60(88)62(5,32-38(3)78)26-16-12-10-8-7-9-11-13-17-27-63(6,76-75-47)61(89)74-51(35-77)55(65)83/h9,11,14-15,18-23,33-34,36-37,39,46-51,67,75-77,79H,7-8,10,12-13,16-17,24-32,35H2,1-6H3,(H2,64,80)(H2,65,83)(H,66,68)(H,69,85)(H,70,84)(H,71,87)(H,72,86)(H,73,88)(H,74,89)/b11-9+/t39?,46-,47-,48-,49-,50-,51-,62-,63-/m0/s1. The molecule has 5 rings (SSSR count). The highest BCUT2D eigenvalue weighted by atomic mass is 16.3. The number of primary amides is 2. The smallest absolute Gasteiger partial charge is 0.243 e. The summed E-state index contributed by atoms with van der Waals surface area (Å²) in [7, 11) is 0. The van der Waals surface area contributed by atoms with E-state index in [0.717, 1.165) is 12.8 Å². The summed E-state index contributed by atoms with van der Waals surface area (Å²) in [5.41, 5.74) is 16.1. The molecule has 4 aromatic rings.